The van der Waals surface area contributed by atoms with Crippen LogP contribution < -0.4 is 0 Å². The first-order valence-corrected chi connectivity index (χ1v) is 8.13. The molecule has 23 heavy (non-hydrogen) atoms. The number of aromatic amines is 1. The first-order valence-electron chi connectivity index (χ1n) is 8.13. The van der Waals surface area contributed by atoms with Gasteiger partial charge in [0.05, 0.1) is 0 Å². The molecule has 2 N–H and O–H groups in total. The van der Waals surface area contributed by atoms with Gasteiger partial charge in [0.15, 0.2) is 5.82 Å². The highest BCUT2D eigenvalue weighted by molar-refractivity contribution is 5.73. The van der Waals surface area contributed by atoms with Crippen LogP contribution >= 0.6 is 0 Å². The number of nitrogens with zero attached hydrogens (tertiary/aromatic N) is 3. The third-order valence-corrected chi connectivity index (χ3v) is 4.49. The maximum atomic E-state index is 11.4. The molecule has 3 rings (SSSR count). The quantitative estimate of drug-likeness (QED) is 0.886. The van der Waals surface area contributed by atoms with Gasteiger partial charge in [-0.3, -0.25) is 14.8 Å². The molecule has 2 heterocycles. The maximum Gasteiger partial charge on any atom is 0.320 e. The minimum absolute atomic E-state index is 0.210. The van der Waals surface area contributed by atoms with Gasteiger partial charge in [-0.1, -0.05) is 37.3 Å². The van der Waals surface area contributed by atoms with Crippen molar-refractivity contribution in [2.75, 3.05) is 13.1 Å². The van der Waals surface area contributed by atoms with Crippen LogP contribution in [0.25, 0.3) is 11.4 Å². The van der Waals surface area contributed by atoms with Crippen LogP contribution in [0.2, 0.25) is 0 Å². The molecule has 6 heteroatoms. The van der Waals surface area contributed by atoms with Crippen molar-refractivity contribution in [3.8, 4) is 11.4 Å². The number of hydrogen-bond acceptors (Lipinski definition) is 4. The highest BCUT2D eigenvalue weighted by atomic mass is 16.4. The molecule has 1 aromatic heterocycles. The minimum atomic E-state index is -0.740. The first-order chi connectivity index (χ1) is 11.2. The zero-order valence-corrected chi connectivity index (χ0v) is 13.3. The number of rotatable bonds is 5. The number of benzene rings is 1. The third kappa shape index (κ3) is 3.42. The summed E-state index contributed by atoms with van der Waals surface area (Å²) in [5, 5.41) is 16.7. The molecule has 1 aromatic carbocycles. The Labute approximate surface area is 135 Å². The Bertz CT molecular complexity index is 656. The van der Waals surface area contributed by atoms with E-state index in [-0.39, 0.29) is 5.92 Å². The fourth-order valence-electron chi connectivity index (χ4n) is 3.27. The highest BCUT2D eigenvalue weighted by Gasteiger charge is 2.31. The number of piperidine rings is 1. The van der Waals surface area contributed by atoms with Crippen molar-refractivity contribution in [2.45, 2.75) is 38.1 Å². The van der Waals surface area contributed by atoms with Gasteiger partial charge >= 0.3 is 5.97 Å². The van der Waals surface area contributed by atoms with Gasteiger partial charge in [-0.15, -0.1) is 0 Å². The molecular weight excluding hydrogens is 292 g/mol. The zero-order chi connectivity index (χ0) is 16.2. The Kier molecular flexibility index (Phi) is 4.71. The number of carbonyl (C=O) groups is 1. The summed E-state index contributed by atoms with van der Waals surface area (Å²) in [6, 6.07) is 9.45. The largest absolute Gasteiger partial charge is 0.480 e. The van der Waals surface area contributed by atoms with E-state index in [0.29, 0.717) is 18.8 Å². The Balaban J connectivity index is 1.74. The van der Waals surface area contributed by atoms with Crippen molar-refractivity contribution >= 4 is 5.97 Å². The first kappa shape index (κ1) is 15.7. The van der Waals surface area contributed by atoms with Crippen LogP contribution in [0.5, 0.6) is 0 Å². The van der Waals surface area contributed by atoms with E-state index in [1.54, 1.807) is 0 Å². The van der Waals surface area contributed by atoms with Gasteiger partial charge in [-0.25, -0.2) is 4.98 Å². The van der Waals surface area contributed by atoms with E-state index in [1.165, 1.54) is 0 Å². The van der Waals surface area contributed by atoms with Gasteiger partial charge in [-0.2, -0.15) is 5.10 Å². The average molecular weight is 314 g/mol. The lowest BCUT2D eigenvalue weighted by Crippen LogP contribution is -2.46. The Morgan fingerprint density at radius 3 is 2.91 bits per heavy atom. The second-order valence-corrected chi connectivity index (χ2v) is 6.01. The second kappa shape index (κ2) is 6.91. The molecule has 1 aliphatic heterocycles. The highest BCUT2D eigenvalue weighted by Crippen LogP contribution is 2.27. The molecule has 1 aliphatic rings. The van der Waals surface area contributed by atoms with Crippen molar-refractivity contribution in [1.29, 1.82) is 0 Å². The molecule has 0 spiro atoms. The van der Waals surface area contributed by atoms with Crippen LogP contribution in [0.3, 0.4) is 0 Å². The summed E-state index contributed by atoms with van der Waals surface area (Å²) >= 11 is 0. The molecule has 0 bridgehead atoms. The number of hydrogen-bond donors (Lipinski definition) is 2. The van der Waals surface area contributed by atoms with Crippen LogP contribution in [0.1, 0.15) is 37.9 Å². The van der Waals surface area contributed by atoms with E-state index >= 15 is 0 Å². The Morgan fingerprint density at radius 2 is 2.22 bits per heavy atom. The van der Waals surface area contributed by atoms with Crippen molar-refractivity contribution in [3.63, 3.8) is 0 Å². The Morgan fingerprint density at radius 1 is 1.43 bits per heavy atom. The van der Waals surface area contributed by atoms with Crippen LogP contribution in [-0.2, 0) is 4.79 Å². The van der Waals surface area contributed by atoms with E-state index < -0.39 is 12.0 Å². The molecule has 6 nitrogen and oxygen atoms in total. The number of aliphatic carboxylic acids is 1. The molecule has 1 fully saturated rings. The number of carboxylic acids is 1. The smallest absolute Gasteiger partial charge is 0.320 e. The summed E-state index contributed by atoms with van der Waals surface area (Å²) in [5.41, 5.74) is 0.986. The third-order valence-electron chi connectivity index (χ3n) is 4.49. The number of aromatic nitrogens is 3. The summed E-state index contributed by atoms with van der Waals surface area (Å²) in [6.45, 7) is 3.47. The SMILES string of the molecule is CCC(C(=O)O)N1CCCC(c2nc(-c3ccccc3)n[nH]2)C1. The van der Waals surface area contributed by atoms with Gasteiger partial charge in [0.1, 0.15) is 11.9 Å². The number of carboxylic acid groups (broad SMARTS) is 1. The summed E-state index contributed by atoms with van der Waals surface area (Å²) in [5.74, 6) is 1.02. The molecule has 0 saturated carbocycles. The minimum Gasteiger partial charge on any atom is -0.480 e. The number of nitrogens with one attached hydrogen (secondary N) is 1. The average Bonchev–Trinajstić information content (AvgIpc) is 3.06. The van der Waals surface area contributed by atoms with Gasteiger partial charge in [0, 0.05) is 18.0 Å². The monoisotopic (exact) mass is 314 g/mol. The van der Waals surface area contributed by atoms with Crippen LogP contribution in [0.15, 0.2) is 30.3 Å². The van der Waals surface area contributed by atoms with Gasteiger partial charge < -0.3 is 5.11 Å². The molecule has 0 amide bonds. The molecule has 1 saturated heterocycles. The molecule has 2 aromatic rings. The van der Waals surface area contributed by atoms with Crippen molar-refractivity contribution < 1.29 is 9.90 Å². The van der Waals surface area contributed by atoms with E-state index in [0.717, 1.165) is 30.8 Å². The molecule has 122 valence electrons. The summed E-state index contributed by atoms with van der Waals surface area (Å²) in [7, 11) is 0. The van der Waals surface area contributed by atoms with E-state index in [4.69, 9.17) is 0 Å². The predicted molar refractivity (Wildman–Crippen MR) is 87.1 cm³/mol. The van der Waals surface area contributed by atoms with Crippen LogP contribution in [-0.4, -0.2) is 50.3 Å². The molecule has 0 aliphatic carbocycles. The van der Waals surface area contributed by atoms with Crippen molar-refractivity contribution in [3.05, 3.63) is 36.2 Å². The molecule has 2 atom stereocenters. The number of likely N-dealkylation sites (tertiary alicyclic amines) is 1. The zero-order valence-electron chi connectivity index (χ0n) is 13.3. The second-order valence-electron chi connectivity index (χ2n) is 6.01. The Hall–Kier alpha value is -2.21. The predicted octanol–water partition coefficient (Wildman–Crippen LogP) is 2.51. The lowest BCUT2D eigenvalue weighted by Gasteiger charge is -2.35. The standard InChI is InChI=1S/C17H22N4O2/c1-2-14(17(22)23)21-10-6-9-13(11-21)16-18-15(19-20-16)12-7-4-3-5-8-12/h3-5,7-8,13-14H,2,6,9-11H2,1H3,(H,22,23)(H,18,19,20). The summed E-state index contributed by atoms with van der Waals surface area (Å²) in [6.07, 6.45) is 2.61. The van der Waals surface area contributed by atoms with E-state index in [2.05, 4.69) is 20.1 Å². The molecule has 2 unspecified atom stereocenters. The lowest BCUT2D eigenvalue weighted by molar-refractivity contribution is -0.144. The normalized spacial score (nSPS) is 20.3. The fraction of sp³-hybridized carbons (Fsp3) is 0.471. The number of H-pyrrole nitrogens is 1. The summed E-state index contributed by atoms with van der Waals surface area (Å²) in [4.78, 5) is 18.1. The van der Waals surface area contributed by atoms with Gasteiger partial charge in [0.25, 0.3) is 0 Å². The fourth-order valence-corrected chi connectivity index (χ4v) is 3.27. The molecule has 0 radical (unpaired) electrons. The van der Waals surface area contributed by atoms with Gasteiger partial charge in [0.2, 0.25) is 0 Å². The topological polar surface area (TPSA) is 82.1 Å². The molecular formula is C17H22N4O2. The lowest BCUT2D eigenvalue weighted by atomic mass is 9.95. The van der Waals surface area contributed by atoms with Gasteiger partial charge in [-0.05, 0) is 25.8 Å². The van der Waals surface area contributed by atoms with Crippen molar-refractivity contribution in [1.82, 2.24) is 20.1 Å². The summed E-state index contributed by atoms with van der Waals surface area (Å²) < 4.78 is 0. The van der Waals surface area contributed by atoms with Crippen LogP contribution in [0, 0.1) is 0 Å². The van der Waals surface area contributed by atoms with E-state index in [1.807, 2.05) is 37.3 Å². The van der Waals surface area contributed by atoms with Crippen molar-refractivity contribution in [2.24, 2.45) is 0 Å². The van der Waals surface area contributed by atoms with Crippen LogP contribution in [0.4, 0.5) is 0 Å². The van der Waals surface area contributed by atoms with E-state index in [9.17, 15) is 9.90 Å². The maximum absolute atomic E-state index is 11.4.